The Morgan fingerprint density at radius 2 is 2.06 bits per heavy atom. The van der Waals surface area contributed by atoms with E-state index in [0.717, 1.165) is 15.9 Å². The van der Waals surface area contributed by atoms with Crippen LogP contribution in [0.4, 0.5) is 0 Å². The number of hydrogen-bond donors (Lipinski definition) is 1. The van der Waals surface area contributed by atoms with E-state index in [0.29, 0.717) is 11.6 Å². The van der Waals surface area contributed by atoms with E-state index in [1.54, 1.807) is 4.68 Å². The molecule has 0 unspecified atom stereocenters. The molecule has 18 heavy (non-hydrogen) atoms. The van der Waals surface area contributed by atoms with E-state index < -0.39 is 0 Å². The fourth-order valence-electron chi connectivity index (χ4n) is 1.69. The lowest BCUT2D eigenvalue weighted by Crippen LogP contribution is -2.16. The highest BCUT2D eigenvalue weighted by atomic mass is 79.9. The summed E-state index contributed by atoms with van der Waals surface area (Å²) in [6, 6.07) is 1.46. The summed E-state index contributed by atoms with van der Waals surface area (Å²) in [7, 11) is 0. The van der Waals surface area contributed by atoms with Crippen LogP contribution in [0.15, 0.2) is 15.3 Å². The number of aromatic amines is 1. The first kappa shape index (κ1) is 13.0. The molecule has 2 rings (SSSR count). The van der Waals surface area contributed by atoms with Gasteiger partial charge in [0.25, 0.3) is 5.56 Å². The largest absolute Gasteiger partial charge is 0.310 e. The number of hydrogen-bond acceptors (Lipinski definition) is 3. The molecule has 0 aliphatic rings. The fraction of sp³-hybridized carbons (Fsp3) is 0.417. The van der Waals surface area contributed by atoms with Gasteiger partial charge in [0.15, 0.2) is 5.82 Å². The highest BCUT2D eigenvalue weighted by Crippen LogP contribution is 2.22. The zero-order valence-electron chi connectivity index (χ0n) is 10.8. The molecule has 0 aliphatic heterocycles. The summed E-state index contributed by atoms with van der Waals surface area (Å²) in [6.45, 7) is 7.81. The van der Waals surface area contributed by atoms with E-state index >= 15 is 0 Å². The molecule has 0 radical (unpaired) electrons. The number of halogens is 1. The van der Waals surface area contributed by atoms with Crippen LogP contribution in [-0.2, 0) is 0 Å². The Hall–Kier alpha value is -1.43. The van der Waals surface area contributed by atoms with Crippen LogP contribution in [0.1, 0.15) is 37.0 Å². The normalized spacial score (nSPS) is 11.2. The van der Waals surface area contributed by atoms with Crippen molar-refractivity contribution < 1.29 is 0 Å². The molecule has 5 nitrogen and oxygen atoms in total. The lowest BCUT2D eigenvalue weighted by atomic mass is 10.2. The lowest BCUT2D eigenvalue weighted by Gasteiger charge is -2.07. The molecule has 6 heteroatoms. The van der Waals surface area contributed by atoms with Gasteiger partial charge >= 0.3 is 0 Å². The molecule has 96 valence electrons. The Kier molecular flexibility index (Phi) is 3.38. The Labute approximate surface area is 113 Å². The van der Waals surface area contributed by atoms with Gasteiger partial charge in [0.05, 0.1) is 15.9 Å². The van der Waals surface area contributed by atoms with E-state index in [9.17, 15) is 4.79 Å². The highest BCUT2D eigenvalue weighted by Gasteiger charge is 2.13. The smallest absolute Gasteiger partial charge is 0.253 e. The van der Waals surface area contributed by atoms with Gasteiger partial charge < -0.3 is 4.98 Å². The molecule has 0 aliphatic carbocycles. The van der Waals surface area contributed by atoms with E-state index in [2.05, 4.69) is 31.0 Å². The Morgan fingerprint density at radius 1 is 1.39 bits per heavy atom. The summed E-state index contributed by atoms with van der Waals surface area (Å²) < 4.78 is 2.62. The maximum absolute atomic E-state index is 11.6. The molecule has 0 saturated carbocycles. The second-order valence-corrected chi connectivity index (χ2v) is 5.33. The number of rotatable bonds is 2. The van der Waals surface area contributed by atoms with Crippen molar-refractivity contribution in [2.75, 3.05) is 0 Å². The van der Waals surface area contributed by atoms with Crippen LogP contribution in [0.3, 0.4) is 0 Å². The van der Waals surface area contributed by atoms with E-state index in [1.165, 1.54) is 6.07 Å². The van der Waals surface area contributed by atoms with Crippen molar-refractivity contribution in [3.05, 3.63) is 38.1 Å². The van der Waals surface area contributed by atoms with Gasteiger partial charge in [-0.3, -0.25) is 4.79 Å². The molecule has 0 bridgehead atoms. The second-order valence-electron chi connectivity index (χ2n) is 4.54. The van der Waals surface area contributed by atoms with Crippen LogP contribution in [0, 0.1) is 13.8 Å². The summed E-state index contributed by atoms with van der Waals surface area (Å²) in [6.07, 6.45) is 0. The average molecular weight is 311 g/mol. The predicted molar refractivity (Wildman–Crippen MR) is 73.2 cm³/mol. The molecule has 0 amide bonds. The molecule has 0 aromatic carbocycles. The number of aromatic nitrogens is 4. The highest BCUT2D eigenvalue weighted by molar-refractivity contribution is 9.10. The van der Waals surface area contributed by atoms with Crippen molar-refractivity contribution in [1.82, 2.24) is 19.7 Å². The molecular formula is C12H15BrN4O. The molecule has 2 aromatic heterocycles. The first-order chi connectivity index (χ1) is 8.40. The number of nitrogens with one attached hydrogen (secondary N) is 1. The third-order valence-electron chi connectivity index (χ3n) is 2.71. The monoisotopic (exact) mass is 310 g/mol. The quantitative estimate of drug-likeness (QED) is 0.926. The molecule has 2 aromatic rings. The summed E-state index contributed by atoms with van der Waals surface area (Å²) >= 11 is 3.47. The molecule has 0 saturated heterocycles. The van der Waals surface area contributed by atoms with Gasteiger partial charge in [-0.15, -0.1) is 0 Å². The van der Waals surface area contributed by atoms with Crippen LogP contribution in [-0.4, -0.2) is 19.7 Å². The van der Waals surface area contributed by atoms with Gasteiger partial charge in [0, 0.05) is 12.0 Å². The first-order valence-electron chi connectivity index (χ1n) is 5.73. The predicted octanol–water partition coefficient (Wildman–Crippen LogP) is 2.46. The molecule has 0 atom stereocenters. The van der Waals surface area contributed by atoms with E-state index in [4.69, 9.17) is 0 Å². The number of H-pyrrole nitrogens is 1. The Balaban J connectivity index is 2.64. The van der Waals surface area contributed by atoms with Gasteiger partial charge in [-0.1, -0.05) is 13.8 Å². The zero-order valence-corrected chi connectivity index (χ0v) is 12.4. The fourth-order valence-corrected chi connectivity index (χ4v) is 1.94. The van der Waals surface area contributed by atoms with Crippen molar-refractivity contribution >= 4 is 15.9 Å². The summed E-state index contributed by atoms with van der Waals surface area (Å²) in [5, 5.41) is 4.38. The molecule has 0 fully saturated rings. The third kappa shape index (κ3) is 2.25. The lowest BCUT2D eigenvalue weighted by molar-refractivity contribution is 0.728. The first-order valence-corrected chi connectivity index (χ1v) is 6.52. The summed E-state index contributed by atoms with van der Waals surface area (Å²) in [5.74, 6) is 1.38. The third-order valence-corrected chi connectivity index (χ3v) is 3.86. The number of nitrogens with zero attached hydrogens (tertiary/aromatic N) is 3. The molecule has 0 spiro atoms. The van der Waals surface area contributed by atoms with E-state index in [-0.39, 0.29) is 11.5 Å². The van der Waals surface area contributed by atoms with Crippen molar-refractivity contribution in [1.29, 1.82) is 0 Å². The van der Waals surface area contributed by atoms with Gasteiger partial charge in [0.2, 0.25) is 0 Å². The molecular weight excluding hydrogens is 296 g/mol. The summed E-state index contributed by atoms with van der Waals surface area (Å²) in [4.78, 5) is 18.8. The zero-order chi connectivity index (χ0) is 13.4. The second kappa shape index (κ2) is 4.68. The van der Waals surface area contributed by atoms with Crippen molar-refractivity contribution in [3.63, 3.8) is 0 Å². The van der Waals surface area contributed by atoms with Gasteiger partial charge in [-0.05, 0) is 29.8 Å². The average Bonchev–Trinajstić information content (AvgIpc) is 2.56. The van der Waals surface area contributed by atoms with Crippen molar-refractivity contribution in [2.24, 2.45) is 0 Å². The minimum Gasteiger partial charge on any atom is -0.310 e. The Morgan fingerprint density at radius 3 is 2.56 bits per heavy atom. The van der Waals surface area contributed by atoms with E-state index in [1.807, 2.05) is 27.7 Å². The maximum Gasteiger partial charge on any atom is 0.253 e. The molecule has 1 N–H and O–H groups in total. The van der Waals surface area contributed by atoms with Gasteiger partial charge in [0.1, 0.15) is 5.82 Å². The molecule has 2 heterocycles. The van der Waals surface area contributed by atoms with Crippen LogP contribution in [0.2, 0.25) is 0 Å². The van der Waals surface area contributed by atoms with Crippen LogP contribution in [0.5, 0.6) is 0 Å². The number of aryl methyl sites for hydroxylation is 1. The minimum atomic E-state index is -0.160. The van der Waals surface area contributed by atoms with Crippen LogP contribution < -0.4 is 5.56 Å². The van der Waals surface area contributed by atoms with Crippen LogP contribution in [0.25, 0.3) is 5.82 Å². The van der Waals surface area contributed by atoms with Gasteiger partial charge in [-0.25, -0.2) is 9.67 Å². The topological polar surface area (TPSA) is 63.6 Å². The standard InChI is InChI=1S/C12H15BrN4O/c1-6(2)12-14-9(5-10(18)15-12)17-8(4)11(13)7(3)16-17/h5-6H,1-4H3,(H,14,15,18). The van der Waals surface area contributed by atoms with Crippen molar-refractivity contribution in [3.8, 4) is 5.82 Å². The minimum absolute atomic E-state index is 0.160. The SMILES string of the molecule is Cc1nn(-c2cc(=O)[nH]c(C(C)C)n2)c(C)c1Br. The van der Waals surface area contributed by atoms with Crippen molar-refractivity contribution in [2.45, 2.75) is 33.6 Å². The Bertz CT molecular complexity index is 642. The van der Waals surface area contributed by atoms with Gasteiger partial charge in [-0.2, -0.15) is 5.10 Å². The maximum atomic E-state index is 11.6. The summed E-state index contributed by atoms with van der Waals surface area (Å²) in [5.41, 5.74) is 1.65. The van der Waals surface area contributed by atoms with Crippen LogP contribution >= 0.6 is 15.9 Å².